The fourth-order valence-corrected chi connectivity index (χ4v) is 1.88. The van der Waals surface area contributed by atoms with E-state index in [1.54, 1.807) is 12.1 Å². The van der Waals surface area contributed by atoms with Crippen LogP contribution in [0.1, 0.15) is 31.1 Å². The maximum atomic E-state index is 10.8. The first kappa shape index (κ1) is 14.0. The first-order valence-corrected chi connectivity index (χ1v) is 6.42. The van der Waals surface area contributed by atoms with E-state index in [2.05, 4.69) is 29.8 Å². The third kappa shape index (κ3) is 4.04. The van der Waals surface area contributed by atoms with E-state index in [0.717, 1.165) is 10.8 Å². The Morgan fingerprint density at radius 3 is 2.59 bits per heavy atom. The highest BCUT2D eigenvalue weighted by Crippen LogP contribution is 2.36. The second kappa shape index (κ2) is 6.64. The minimum absolute atomic E-state index is 0.433. The molecule has 0 radical (unpaired) electrons. The number of carbonyl (C=O) groups excluding carboxylic acids is 1. The molecule has 0 aliphatic rings. The number of hydrogen-bond acceptors (Lipinski definition) is 3. The highest BCUT2D eigenvalue weighted by Gasteiger charge is 2.12. The molecule has 0 atom stereocenters. The van der Waals surface area contributed by atoms with Gasteiger partial charge in [-0.2, -0.15) is 0 Å². The van der Waals surface area contributed by atoms with Crippen LogP contribution in [-0.4, -0.2) is 19.5 Å². The van der Waals surface area contributed by atoms with Crippen molar-refractivity contribution >= 4 is 22.2 Å². The van der Waals surface area contributed by atoms with Crippen molar-refractivity contribution in [3.63, 3.8) is 0 Å². The summed E-state index contributed by atoms with van der Waals surface area (Å²) in [5.41, 5.74) is 0.567. The summed E-state index contributed by atoms with van der Waals surface area (Å²) in [4.78, 5) is 10.8. The molecular weight excluding hydrogens is 284 g/mol. The predicted octanol–water partition coefficient (Wildman–Crippen LogP) is 3.70. The molecule has 1 aromatic carbocycles. The van der Waals surface area contributed by atoms with Gasteiger partial charge >= 0.3 is 0 Å². The van der Waals surface area contributed by atoms with Crippen molar-refractivity contribution in [1.29, 1.82) is 0 Å². The summed E-state index contributed by atoms with van der Waals surface area (Å²) < 4.78 is 11.9. The molecule has 1 rings (SSSR count). The van der Waals surface area contributed by atoms with Crippen LogP contribution >= 0.6 is 15.9 Å². The van der Waals surface area contributed by atoms with Gasteiger partial charge < -0.3 is 9.47 Å². The van der Waals surface area contributed by atoms with Crippen molar-refractivity contribution in [2.45, 2.75) is 20.8 Å². The molecule has 1 aromatic rings. The van der Waals surface area contributed by atoms with Crippen LogP contribution in [0.4, 0.5) is 0 Å². The lowest BCUT2D eigenvalue weighted by atomic mass is 10.2. The van der Waals surface area contributed by atoms with Gasteiger partial charge in [-0.3, -0.25) is 4.79 Å². The highest BCUT2D eigenvalue weighted by molar-refractivity contribution is 9.10. The summed E-state index contributed by atoms with van der Waals surface area (Å²) in [6.45, 7) is 7.20. The molecule has 0 N–H and O–H groups in total. The Kier molecular flexibility index (Phi) is 5.48. The zero-order valence-electron chi connectivity index (χ0n) is 10.3. The van der Waals surface area contributed by atoms with Crippen LogP contribution in [0, 0.1) is 5.92 Å². The van der Waals surface area contributed by atoms with Crippen LogP contribution < -0.4 is 9.47 Å². The van der Waals surface area contributed by atoms with Gasteiger partial charge in [0.2, 0.25) is 0 Å². The molecule has 17 heavy (non-hydrogen) atoms. The van der Waals surface area contributed by atoms with Crippen molar-refractivity contribution in [3.8, 4) is 11.5 Å². The molecular formula is C13H17BrO3. The Labute approximate surface area is 110 Å². The lowest BCUT2D eigenvalue weighted by molar-refractivity contribution is 0.112. The molecule has 0 aliphatic carbocycles. The smallest absolute Gasteiger partial charge is 0.175 e. The van der Waals surface area contributed by atoms with Gasteiger partial charge in [0.15, 0.2) is 11.5 Å². The predicted molar refractivity (Wildman–Crippen MR) is 71.0 cm³/mol. The Balaban J connectivity index is 3.02. The maximum Gasteiger partial charge on any atom is 0.175 e. The van der Waals surface area contributed by atoms with Gasteiger partial charge in [-0.05, 0) is 40.9 Å². The molecule has 0 aliphatic heterocycles. The van der Waals surface area contributed by atoms with E-state index < -0.39 is 0 Å². The maximum absolute atomic E-state index is 10.8. The van der Waals surface area contributed by atoms with Gasteiger partial charge in [0.25, 0.3) is 0 Å². The van der Waals surface area contributed by atoms with Crippen molar-refractivity contribution in [2.24, 2.45) is 5.92 Å². The quantitative estimate of drug-likeness (QED) is 0.752. The summed E-state index contributed by atoms with van der Waals surface area (Å²) in [5.74, 6) is 1.69. The average Bonchev–Trinajstić information content (AvgIpc) is 2.27. The normalized spacial score (nSPS) is 10.4. The topological polar surface area (TPSA) is 35.5 Å². The van der Waals surface area contributed by atoms with Gasteiger partial charge in [0.1, 0.15) is 6.29 Å². The number of aldehydes is 1. The summed E-state index contributed by atoms with van der Waals surface area (Å²) in [5, 5.41) is 0. The third-order valence-electron chi connectivity index (χ3n) is 2.03. The molecule has 0 amide bonds. The number of hydrogen-bond donors (Lipinski definition) is 0. The summed E-state index contributed by atoms with van der Waals surface area (Å²) in [6, 6.07) is 3.42. The Morgan fingerprint density at radius 2 is 2.06 bits per heavy atom. The van der Waals surface area contributed by atoms with Crippen LogP contribution in [0.2, 0.25) is 0 Å². The van der Waals surface area contributed by atoms with E-state index in [4.69, 9.17) is 9.47 Å². The number of rotatable bonds is 6. The number of benzene rings is 1. The standard InChI is InChI=1S/C13H17BrO3/c1-4-16-12-6-10(7-15)5-11(14)13(12)17-8-9(2)3/h5-7,9H,4,8H2,1-3H3. The molecule has 0 saturated heterocycles. The summed E-state index contributed by atoms with van der Waals surface area (Å²) in [6.07, 6.45) is 0.791. The third-order valence-corrected chi connectivity index (χ3v) is 2.62. The van der Waals surface area contributed by atoms with Crippen molar-refractivity contribution < 1.29 is 14.3 Å². The Morgan fingerprint density at radius 1 is 1.35 bits per heavy atom. The van der Waals surface area contributed by atoms with E-state index in [-0.39, 0.29) is 0 Å². The molecule has 0 bridgehead atoms. The number of carbonyl (C=O) groups is 1. The van der Waals surface area contributed by atoms with Crippen LogP contribution in [0.15, 0.2) is 16.6 Å². The van der Waals surface area contributed by atoms with Crippen LogP contribution in [0.3, 0.4) is 0 Å². The molecule has 94 valence electrons. The molecule has 3 nitrogen and oxygen atoms in total. The zero-order valence-corrected chi connectivity index (χ0v) is 11.9. The Hall–Kier alpha value is -1.03. The number of halogens is 1. The zero-order chi connectivity index (χ0) is 12.8. The van der Waals surface area contributed by atoms with E-state index in [1.807, 2.05) is 6.92 Å². The van der Waals surface area contributed by atoms with E-state index in [0.29, 0.717) is 36.2 Å². The van der Waals surface area contributed by atoms with Crippen LogP contribution in [0.25, 0.3) is 0 Å². The van der Waals surface area contributed by atoms with Crippen molar-refractivity contribution in [3.05, 3.63) is 22.2 Å². The molecule has 0 unspecified atom stereocenters. The van der Waals surface area contributed by atoms with E-state index >= 15 is 0 Å². The second-order valence-corrected chi connectivity index (χ2v) is 4.94. The minimum Gasteiger partial charge on any atom is -0.490 e. The van der Waals surface area contributed by atoms with Crippen LogP contribution in [0.5, 0.6) is 11.5 Å². The van der Waals surface area contributed by atoms with Gasteiger partial charge in [0.05, 0.1) is 17.7 Å². The Bertz CT molecular complexity index is 388. The highest BCUT2D eigenvalue weighted by atomic mass is 79.9. The van der Waals surface area contributed by atoms with Crippen molar-refractivity contribution in [1.82, 2.24) is 0 Å². The SMILES string of the molecule is CCOc1cc(C=O)cc(Br)c1OCC(C)C. The van der Waals surface area contributed by atoms with Crippen LogP contribution in [-0.2, 0) is 0 Å². The van der Waals surface area contributed by atoms with Crippen molar-refractivity contribution in [2.75, 3.05) is 13.2 Å². The minimum atomic E-state index is 0.433. The fourth-order valence-electron chi connectivity index (χ4n) is 1.31. The molecule has 0 fully saturated rings. The van der Waals surface area contributed by atoms with Gasteiger partial charge in [-0.25, -0.2) is 0 Å². The second-order valence-electron chi connectivity index (χ2n) is 4.09. The first-order valence-electron chi connectivity index (χ1n) is 5.62. The lowest BCUT2D eigenvalue weighted by Gasteiger charge is -2.15. The molecule has 0 saturated carbocycles. The molecule has 0 spiro atoms. The summed E-state index contributed by atoms with van der Waals surface area (Å²) in [7, 11) is 0. The first-order chi connectivity index (χ1) is 8.08. The summed E-state index contributed by atoms with van der Waals surface area (Å²) >= 11 is 3.40. The fraction of sp³-hybridized carbons (Fsp3) is 0.462. The molecule has 0 heterocycles. The van der Waals surface area contributed by atoms with Gasteiger partial charge in [-0.1, -0.05) is 13.8 Å². The van der Waals surface area contributed by atoms with E-state index in [9.17, 15) is 4.79 Å². The van der Waals surface area contributed by atoms with E-state index in [1.165, 1.54) is 0 Å². The lowest BCUT2D eigenvalue weighted by Crippen LogP contribution is -2.07. The largest absolute Gasteiger partial charge is 0.490 e. The number of ether oxygens (including phenoxy) is 2. The molecule has 4 heteroatoms. The van der Waals surface area contributed by atoms with Gasteiger partial charge in [0, 0.05) is 5.56 Å². The molecule has 0 aromatic heterocycles. The average molecular weight is 301 g/mol. The van der Waals surface area contributed by atoms with Gasteiger partial charge in [-0.15, -0.1) is 0 Å². The monoisotopic (exact) mass is 300 g/mol.